The van der Waals surface area contributed by atoms with Gasteiger partial charge in [-0.05, 0) is 63.4 Å². The van der Waals surface area contributed by atoms with Gasteiger partial charge in [-0.15, -0.1) is 0 Å². The number of piperidine rings is 2. The van der Waals surface area contributed by atoms with Crippen molar-refractivity contribution in [2.75, 3.05) is 50.6 Å². The summed E-state index contributed by atoms with van der Waals surface area (Å²) >= 11 is 0. The van der Waals surface area contributed by atoms with Gasteiger partial charge in [-0.3, -0.25) is 0 Å². The third-order valence-electron chi connectivity index (χ3n) is 7.86. The lowest BCUT2D eigenvalue weighted by Crippen LogP contribution is -2.46. The smallest absolute Gasteiger partial charge is 0.227 e. The van der Waals surface area contributed by atoms with Gasteiger partial charge in [0.05, 0.1) is 30.8 Å². The maximum absolute atomic E-state index is 13.8. The van der Waals surface area contributed by atoms with Crippen LogP contribution in [0.3, 0.4) is 0 Å². The van der Waals surface area contributed by atoms with E-state index in [1.54, 1.807) is 7.11 Å². The summed E-state index contributed by atoms with van der Waals surface area (Å²) in [5, 5.41) is 3.09. The summed E-state index contributed by atoms with van der Waals surface area (Å²) in [7, 11) is 3.84. The average molecular weight is 546 g/mol. The summed E-state index contributed by atoms with van der Waals surface area (Å²) in [6, 6.07) is 5.98. The normalized spacial score (nSPS) is 17.3. The van der Waals surface area contributed by atoms with Crippen LogP contribution in [0.15, 0.2) is 36.7 Å². The van der Waals surface area contributed by atoms with Crippen molar-refractivity contribution in [2.24, 2.45) is 5.41 Å². The van der Waals surface area contributed by atoms with E-state index in [1.165, 1.54) is 51.2 Å². The number of aromatic nitrogens is 2. The van der Waals surface area contributed by atoms with Crippen LogP contribution in [0.25, 0.3) is 0 Å². The largest absolute Gasteiger partial charge is 0.495 e. The number of hydrogen-bond donors (Lipinski definition) is 1. The van der Waals surface area contributed by atoms with E-state index < -0.39 is 35.4 Å². The quantitative estimate of drug-likeness (QED) is 0.303. The molecule has 0 unspecified atom stereocenters. The van der Waals surface area contributed by atoms with E-state index in [1.807, 2.05) is 18.2 Å². The van der Waals surface area contributed by atoms with E-state index in [-0.39, 0.29) is 17.8 Å². The third-order valence-corrected chi connectivity index (χ3v) is 7.86. The molecule has 39 heavy (non-hydrogen) atoms. The van der Waals surface area contributed by atoms with Crippen LogP contribution >= 0.6 is 0 Å². The molecule has 0 atom stereocenters. The molecule has 208 valence electrons. The zero-order valence-electron chi connectivity index (χ0n) is 21.9. The molecule has 2 aliphatic heterocycles. The molecule has 7 nitrogen and oxygen atoms in total. The van der Waals surface area contributed by atoms with Crippen LogP contribution in [-0.2, 0) is 6.61 Å². The van der Waals surface area contributed by atoms with Gasteiger partial charge in [0.25, 0.3) is 0 Å². The van der Waals surface area contributed by atoms with Crippen molar-refractivity contribution >= 4 is 17.3 Å². The predicted octanol–water partition coefficient (Wildman–Crippen LogP) is 5.68. The van der Waals surface area contributed by atoms with E-state index in [9.17, 15) is 17.6 Å². The van der Waals surface area contributed by atoms with Gasteiger partial charge in [-0.1, -0.05) is 0 Å². The first-order valence-electron chi connectivity index (χ1n) is 12.9. The maximum atomic E-state index is 13.8. The fourth-order valence-corrected chi connectivity index (χ4v) is 5.32. The van der Waals surface area contributed by atoms with E-state index in [2.05, 4.69) is 32.1 Å². The SMILES string of the molecule is COc1cc(Nc2ncc(OCc3c(F)c(F)cc(F)c3F)cn2)ccc1N1CCC2(CCN(C)CC2)CC1. The summed E-state index contributed by atoms with van der Waals surface area (Å²) < 4.78 is 65.4. The van der Waals surface area contributed by atoms with Gasteiger partial charge < -0.3 is 24.6 Å². The Kier molecular flexibility index (Phi) is 7.79. The van der Waals surface area contributed by atoms with Crippen LogP contribution in [0, 0.1) is 28.7 Å². The van der Waals surface area contributed by atoms with Crippen molar-refractivity contribution in [1.29, 1.82) is 0 Å². The van der Waals surface area contributed by atoms with E-state index in [0.717, 1.165) is 24.5 Å². The second-order valence-corrected chi connectivity index (χ2v) is 10.3. The van der Waals surface area contributed by atoms with Crippen molar-refractivity contribution in [3.05, 3.63) is 65.5 Å². The van der Waals surface area contributed by atoms with Gasteiger partial charge in [0.15, 0.2) is 29.0 Å². The third kappa shape index (κ3) is 5.88. The molecule has 3 heterocycles. The minimum Gasteiger partial charge on any atom is -0.495 e. The van der Waals surface area contributed by atoms with Crippen molar-refractivity contribution in [1.82, 2.24) is 14.9 Å². The van der Waals surface area contributed by atoms with Crippen molar-refractivity contribution in [2.45, 2.75) is 32.3 Å². The molecule has 0 saturated carbocycles. The Morgan fingerprint density at radius 2 is 1.51 bits per heavy atom. The lowest BCUT2D eigenvalue weighted by molar-refractivity contribution is 0.0944. The minimum absolute atomic E-state index is 0.0735. The van der Waals surface area contributed by atoms with Crippen molar-refractivity contribution in [3.63, 3.8) is 0 Å². The zero-order valence-corrected chi connectivity index (χ0v) is 21.9. The first kappa shape index (κ1) is 27.0. The van der Waals surface area contributed by atoms with Crippen LogP contribution < -0.4 is 19.7 Å². The Morgan fingerprint density at radius 1 is 0.897 bits per heavy atom. The van der Waals surface area contributed by atoms with Gasteiger partial charge in [0, 0.05) is 30.9 Å². The molecule has 2 fully saturated rings. The van der Waals surface area contributed by atoms with Gasteiger partial charge in [0.1, 0.15) is 12.4 Å². The van der Waals surface area contributed by atoms with Gasteiger partial charge in [0.2, 0.25) is 5.95 Å². The van der Waals surface area contributed by atoms with Crippen LogP contribution in [0.4, 0.5) is 34.9 Å². The highest BCUT2D eigenvalue weighted by Crippen LogP contribution is 2.43. The lowest BCUT2D eigenvalue weighted by atomic mass is 9.71. The Labute approximate surface area is 224 Å². The molecule has 0 bridgehead atoms. The predicted molar refractivity (Wildman–Crippen MR) is 140 cm³/mol. The molecule has 5 rings (SSSR count). The second kappa shape index (κ2) is 11.3. The highest BCUT2D eigenvalue weighted by atomic mass is 19.2. The summed E-state index contributed by atoms with van der Waals surface area (Å²) in [6.07, 6.45) is 7.47. The first-order valence-corrected chi connectivity index (χ1v) is 12.9. The molecule has 1 spiro atoms. The molecule has 1 aromatic heterocycles. The van der Waals surface area contributed by atoms with Gasteiger partial charge in [-0.25, -0.2) is 27.5 Å². The standard InChI is InChI=1S/C28H31F4N5O2/c1-36-9-5-28(6-10-36)7-11-37(12-8-28)23-4-3-18(13-24(23)38-2)35-27-33-15-19(16-34-27)39-17-20-25(31)21(29)14-22(30)26(20)32/h3-4,13-16H,5-12,17H2,1-2H3,(H,33,34,35). The molecule has 0 aliphatic carbocycles. The molecule has 2 aliphatic rings. The molecule has 0 amide bonds. The molecule has 3 aromatic rings. The Morgan fingerprint density at radius 3 is 2.13 bits per heavy atom. The van der Waals surface area contributed by atoms with E-state index in [0.29, 0.717) is 11.1 Å². The first-order chi connectivity index (χ1) is 18.8. The molecule has 1 N–H and O–H groups in total. The zero-order chi connectivity index (χ0) is 27.6. The summed E-state index contributed by atoms with van der Waals surface area (Å²) in [6.45, 7) is 3.60. The maximum Gasteiger partial charge on any atom is 0.227 e. The number of methoxy groups -OCH3 is 1. The number of anilines is 3. The second-order valence-electron chi connectivity index (χ2n) is 10.3. The molecule has 0 radical (unpaired) electrons. The van der Waals surface area contributed by atoms with Crippen LogP contribution in [0.1, 0.15) is 31.2 Å². The molecule has 2 saturated heterocycles. The topological polar surface area (TPSA) is 62.8 Å². The Bertz CT molecular complexity index is 1280. The van der Waals surface area contributed by atoms with E-state index >= 15 is 0 Å². The number of nitrogens with zero attached hydrogens (tertiary/aromatic N) is 4. The number of benzene rings is 2. The van der Waals surface area contributed by atoms with Crippen molar-refractivity contribution in [3.8, 4) is 11.5 Å². The molecule has 11 heteroatoms. The number of likely N-dealkylation sites (tertiary alicyclic amines) is 1. The monoisotopic (exact) mass is 545 g/mol. The molecular weight excluding hydrogens is 514 g/mol. The van der Waals surface area contributed by atoms with Gasteiger partial charge in [-0.2, -0.15) is 0 Å². The van der Waals surface area contributed by atoms with Crippen LogP contribution in [0.2, 0.25) is 0 Å². The van der Waals surface area contributed by atoms with Crippen LogP contribution in [-0.4, -0.2) is 55.2 Å². The minimum atomic E-state index is -1.50. The number of nitrogens with one attached hydrogen (secondary N) is 1. The summed E-state index contributed by atoms with van der Waals surface area (Å²) in [5.74, 6) is -4.92. The molecule has 2 aromatic carbocycles. The Hall–Kier alpha value is -3.60. The number of rotatable bonds is 7. The lowest BCUT2D eigenvalue weighted by Gasteiger charge is -2.47. The average Bonchev–Trinajstić information content (AvgIpc) is 2.95. The van der Waals surface area contributed by atoms with Gasteiger partial charge >= 0.3 is 0 Å². The number of hydrogen-bond acceptors (Lipinski definition) is 7. The molecular formula is C28H31F4N5O2. The highest BCUT2D eigenvalue weighted by molar-refractivity contribution is 5.67. The Balaban J connectivity index is 1.20. The summed E-state index contributed by atoms with van der Waals surface area (Å²) in [4.78, 5) is 13.1. The van der Waals surface area contributed by atoms with Crippen molar-refractivity contribution < 1.29 is 27.0 Å². The summed E-state index contributed by atoms with van der Waals surface area (Å²) in [5.41, 5.74) is 1.37. The fraction of sp³-hybridized carbons (Fsp3) is 0.429. The van der Waals surface area contributed by atoms with Crippen LogP contribution in [0.5, 0.6) is 11.5 Å². The van der Waals surface area contributed by atoms with E-state index in [4.69, 9.17) is 9.47 Å². The number of ether oxygens (including phenoxy) is 2. The fourth-order valence-electron chi connectivity index (χ4n) is 5.32. The highest BCUT2D eigenvalue weighted by Gasteiger charge is 2.37. The number of halogens is 4.